The van der Waals surface area contributed by atoms with Gasteiger partial charge in [0.1, 0.15) is 0 Å². The first kappa shape index (κ1) is 25.2. The summed E-state index contributed by atoms with van der Waals surface area (Å²) >= 11 is 7.63. The van der Waals surface area contributed by atoms with Gasteiger partial charge in [0.25, 0.3) is 5.91 Å². The average Bonchev–Trinajstić information content (AvgIpc) is 3.30. The van der Waals surface area contributed by atoms with Crippen molar-refractivity contribution in [3.05, 3.63) is 82.4 Å². The number of nitrogens with zero attached hydrogens (tertiary/aromatic N) is 3. The Balaban J connectivity index is 1.74. The van der Waals surface area contributed by atoms with Crippen LogP contribution in [0.25, 0.3) is 16.3 Å². The van der Waals surface area contributed by atoms with E-state index in [1.807, 2.05) is 43.3 Å². The van der Waals surface area contributed by atoms with Gasteiger partial charge in [-0.05, 0) is 54.5 Å². The number of aromatic nitrogens is 1. The van der Waals surface area contributed by atoms with Crippen LogP contribution in [0.2, 0.25) is 5.02 Å². The maximum absolute atomic E-state index is 13.3. The summed E-state index contributed by atoms with van der Waals surface area (Å²) in [7, 11) is 4.61. The molecule has 3 aromatic carbocycles. The molecule has 0 saturated heterocycles. The Morgan fingerprint density at radius 1 is 1.03 bits per heavy atom. The summed E-state index contributed by atoms with van der Waals surface area (Å²) in [5.41, 5.74) is 3.27. The number of rotatable bonds is 8. The van der Waals surface area contributed by atoms with E-state index in [9.17, 15) is 4.79 Å². The molecule has 1 amide bonds. The largest absolute Gasteiger partial charge is 0.493 e. The third-order valence-corrected chi connectivity index (χ3v) is 6.58. The molecular weight excluding hydrogens is 498 g/mol. The van der Waals surface area contributed by atoms with E-state index < -0.39 is 0 Å². The lowest BCUT2D eigenvalue weighted by Gasteiger charge is -2.14. The second kappa shape index (κ2) is 11.2. The number of anilines is 1. The fourth-order valence-corrected chi connectivity index (χ4v) is 4.68. The number of thiazole rings is 1. The number of fused-ring (bicyclic) bond motifs is 1. The predicted molar refractivity (Wildman–Crippen MR) is 146 cm³/mol. The van der Waals surface area contributed by atoms with Crippen LogP contribution in [-0.2, 0) is 4.79 Å². The maximum Gasteiger partial charge on any atom is 0.273 e. The highest BCUT2D eigenvalue weighted by Gasteiger charge is 2.18. The van der Waals surface area contributed by atoms with Crippen LogP contribution >= 0.6 is 22.9 Å². The molecule has 1 aromatic heterocycles. The van der Waals surface area contributed by atoms with Gasteiger partial charge in [-0.25, -0.2) is 4.98 Å². The molecule has 0 aliphatic carbocycles. The minimum atomic E-state index is -0.380. The topological polar surface area (TPSA) is 73.2 Å². The third kappa shape index (κ3) is 5.50. The average molecular weight is 522 g/mol. The number of ether oxygens (including phenoxy) is 3. The molecule has 184 valence electrons. The first-order valence-corrected chi connectivity index (χ1v) is 12.1. The van der Waals surface area contributed by atoms with Crippen LogP contribution in [0.5, 0.6) is 17.2 Å². The molecule has 0 fully saturated rings. The van der Waals surface area contributed by atoms with Gasteiger partial charge in [0.15, 0.2) is 11.5 Å². The Morgan fingerprint density at radius 2 is 1.75 bits per heavy atom. The van der Waals surface area contributed by atoms with Gasteiger partial charge in [-0.2, -0.15) is 10.1 Å². The number of halogens is 1. The van der Waals surface area contributed by atoms with E-state index in [1.165, 1.54) is 43.8 Å². The van der Waals surface area contributed by atoms with Crippen LogP contribution in [0.3, 0.4) is 0 Å². The van der Waals surface area contributed by atoms with Gasteiger partial charge in [0.2, 0.25) is 10.9 Å². The molecule has 0 aliphatic rings. The zero-order valence-corrected chi connectivity index (χ0v) is 21.8. The minimum Gasteiger partial charge on any atom is -0.493 e. The fraction of sp³-hybridized carbons (Fsp3) is 0.148. The lowest BCUT2D eigenvalue weighted by molar-refractivity contribution is -0.114. The SMILES string of the molecule is COc1cc(/C=N/N(C(=O)/C=C/c2ccccc2Cl)c2nc3ccc(C)cc3s2)cc(OC)c1OC. The lowest BCUT2D eigenvalue weighted by atomic mass is 10.2. The van der Waals surface area contributed by atoms with Gasteiger partial charge in [-0.15, -0.1) is 0 Å². The number of amides is 1. The van der Waals surface area contributed by atoms with E-state index in [4.69, 9.17) is 25.8 Å². The van der Waals surface area contributed by atoms with E-state index in [2.05, 4.69) is 10.1 Å². The first-order valence-electron chi connectivity index (χ1n) is 10.9. The molecular formula is C27H24ClN3O4S. The highest BCUT2D eigenvalue weighted by molar-refractivity contribution is 7.22. The van der Waals surface area contributed by atoms with E-state index in [0.717, 1.165) is 21.3 Å². The number of methoxy groups -OCH3 is 3. The molecule has 9 heteroatoms. The standard InChI is InChI=1S/C27H24ClN3O4S/c1-17-9-11-21-24(13-17)36-27(30-21)31(25(32)12-10-19-7-5-6-8-20(19)28)29-16-18-14-22(33-2)26(35-4)23(15-18)34-3/h5-16H,1-4H3/b12-10+,29-16+. The van der Waals surface area contributed by atoms with E-state index >= 15 is 0 Å². The van der Waals surface area contributed by atoms with Crippen molar-refractivity contribution >= 4 is 56.5 Å². The van der Waals surface area contributed by atoms with Crippen LogP contribution in [0.1, 0.15) is 16.7 Å². The smallest absolute Gasteiger partial charge is 0.273 e. The minimum absolute atomic E-state index is 0.380. The normalized spacial score (nSPS) is 11.4. The summed E-state index contributed by atoms with van der Waals surface area (Å²) < 4.78 is 17.2. The molecule has 0 radical (unpaired) electrons. The molecule has 0 unspecified atom stereocenters. The van der Waals surface area contributed by atoms with Gasteiger partial charge in [-0.1, -0.05) is 47.2 Å². The molecule has 4 rings (SSSR count). The third-order valence-electron chi connectivity index (χ3n) is 5.24. The number of hydrogen-bond acceptors (Lipinski definition) is 7. The Labute approximate surface area is 218 Å². The summed E-state index contributed by atoms with van der Waals surface area (Å²) in [5.74, 6) is 1.04. The molecule has 4 aromatic rings. The number of carbonyl (C=O) groups is 1. The van der Waals surface area contributed by atoms with Crippen molar-refractivity contribution in [1.29, 1.82) is 0 Å². The lowest BCUT2D eigenvalue weighted by Crippen LogP contribution is -2.23. The van der Waals surface area contributed by atoms with Crippen molar-refractivity contribution in [3.8, 4) is 17.2 Å². The summed E-state index contributed by atoms with van der Waals surface area (Å²) in [5, 5.41) is 6.74. The quantitative estimate of drug-likeness (QED) is 0.153. The summed E-state index contributed by atoms with van der Waals surface area (Å²) in [6.45, 7) is 2.01. The van der Waals surface area contributed by atoms with Crippen molar-refractivity contribution in [3.63, 3.8) is 0 Å². The zero-order chi connectivity index (χ0) is 25.7. The molecule has 0 N–H and O–H groups in total. The number of carbonyl (C=O) groups excluding carboxylic acids is 1. The second-order valence-corrected chi connectivity index (χ2v) is 9.09. The molecule has 1 heterocycles. The van der Waals surface area contributed by atoms with Crippen molar-refractivity contribution < 1.29 is 19.0 Å². The Hall–Kier alpha value is -3.88. The van der Waals surface area contributed by atoms with Crippen molar-refractivity contribution in [2.75, 3.05) is 26.3 Å². The van der Waals surface area contributed by atoms with Crippen molar-refractivity contribution in [2.24, 2.45) is 5.10 Å². The van der Waals surface area contributed by atoms with Gasteiger partial charge in [-0.3, -0.25) is 4.79 Å². The van der Waals surface area contributed by atoms with Gasteiger partial charge >= 0.3 is 0 Å². The molecule has 36 heavy (non-hydrogen) atoms. The van der Waals surface area contributed by atoms with Crippen LogP contribution in [0.4, 0.5) is 5.13 Å². The van der Waals surface area contributed by atoms with E-state index in [-0.39, 0.29) is 5.91 Å². The van der Waals surface area contributed by atoms with Gasteiger partial charge < -0.3 is 14.2 Å². The molecule has 0 spiro atoms. The van der Waals surface area contributed by atoms with Crippen molar-refractivity contribution in [2.45, 2.75) is 6.92 Å². The van der Waals surface area contributed by atoms with Crippen molar-refractivity contribution in [1.82, 2.24) is 4.98 Å². The van der Waals surface area contributed by atoms with Crippen LogP contribution in [0.15, 0.2) is 65.8 Å². The molecule has 0 bridgehead atoms. The summed E-state index contributed by atoms with van der Waals surface area (Å²) in [6, 6.07) is 16.7. The van der Waals surface area contributed by atoms with Gasteiger partial charge in [0.05, 0.1) is 37.8 Å². The molecule has 0 aliphatic heterocycles. The monoisotopic (exact) mass is 521 g/mol. The first-order chi connectivity index (χ1) is 17.4. The Bertz CT molecular complexity index is 1440. The summed E-state index contributed by atoms with van der Waals surface area (Å²) in [4.78, 5) is 18.0. The number of benzene rings is 3. The van der Waals surface area contributed by atoms with Crippen LogP contribution < -0.4 is 19.2 Å². The highest BCUT2D eigenvalue weighted by atomic mass is 35.5. The highest BCUT2D eigenvalue weighted by Crippen LogP contribution is 2.38. The zero-order valence-electron chi connectivity index (χ0n) is 20.2. The second-order valence-electron chi connectivity index (χ2n) is 7.68. The van der Waals surface area contributed by atoms with Crippen LogP contribution in [0, 0.1) is 6.92 Å². The fourth-order valence-electron chi connectivity index (χ4n) is 3.45. The molecule has 0 saturated carbocycles. The van der Waals surface area contributed by atoms with E-state index in [1.54, 1.807) is 30.5 Å². The Morgan fingerprint density at radius 3 is 2.42 bits per heavy atom. The molecule has 0 atom stereocenters. The van der Waals surface area contributed by atoms with Gasteiger partial charge in [0, 0.05) is 16.7 Å². The number of hydrazone groups is 1. The number of hydrogen-bond donors (Lipinski definition) is 0. The summed E-state index contributed by atoms with van der Waals surface area (Å²) in [6.07, 6.45) is 4.62. The number of aryl methyl sites for hydroxylation is 1. The van der Waals surface area contributed by atoms with E-state index in [0.29, 0.717) is 33.0 Å². The van der Waals surface area contributed by atoms with Crippen LogP contribution in [-0.4, -0.2) is 38.4 Å². The predicted octanol–water partition coefficient (Wildman–Crippen LogP) is 6.36. The molecule has 7 nitrogen and oxygen atoms in total. The Kier molecular flexibility index (Phi) is 7.87. The maximum atomic E-state index is 13.3.